The molecule has 84 valence electrons. The summed E-state index contributed by atoms with van der Waals surface area (Å²) in [5.41, 5.74) is 11.3. The average Bonchev–Trinajstić information content (AvgIpc) is 2.64. The average molecular weight is 215 g/mol. The van der Waals surface area contributed by atoms with Crippen LogP contribution in [0.5, 0.6) is 0 Å². The molecule has 0 saturated heterocycles. The van der Waals surface area contributed by atoms with E-state index in [0.717, 1.165) is 23.5 Å². The molecule has 0 unspecified atom stereocenters. The van der Waals surface area contributed by atoms with E-state index in [1.165, 1.54) is 11.1 Å². The van der Waals surface area contributed by atoms with Crippen LogP contribution in [-0.2, 0) is 6.54 Å². The van der Waals surface area contributed by atoms with Crippen molar-refractivity contribution in [3.05, 3.63) is 35.7 Å². The zero-order valence-corrected chi connectivity index (χ0v) is 9.99. The molecule has 3 nitrogen and oxygen atoms in total. The first kappa shape index (κ1) is 10.7. The summed E-state index contributed by atoms with van der Waals surface area (Å²) in [4.78, 5) is 0. The van der Waals surface area contributed by atoms with Gasteiger partial charge in [-0.15, -0.1) is 0 Å². The Balaban J connectivity index is 2.58. The van der Waals surface area contributed by atoms with Crippen molar-refractivity contribution in [2.24, 2.45) is 0 Å². The largest absolute Gasteiger partial charge is 0.398 e. The molecule has 16 heavy (non-hydrogen) atoms. The molecule has 0 fully saturated rings. The fraction of sp³-hybridized carbons (Fsp3) is 0.308. The zero-order chi connectivity index (χ0) is 11.7. The molecule has 1 aromatic carbocycles. The minimum Gasteiger partial charge on any atom is -0.398 e. The van der Waals surface area contributed by atoms with Crippen molar-refractivity contribution in [3.8, 4) is 11.1 Å². The number of aryl methyl sites for hydroxylation is 2. The van der Waals surface area contributed by atoms with Gasteiger partial charge in [0.05, 0.1) is 5.69 Å². The minimum absolute atomic E-state index is 0.834. The second-order valence-corrected chi connectivity index (χ2v) is 4.00. The van der Waals surface area contributed by atoms with Crippen LogP contribution in [0.1, 0.15) is 18.2 Å². The second kappa shape index (κ2) is 4.00. The second-order valence-electron chi connectivity index (χ2n) is 4.00. The van der Waals surface area contributed by atoms with Gasteiger partial charge in [0.2, 0.25) is 0 Å². The molecular weight excluding hydrogens is 198 g/mol. The third-order valence-corrected chi connectivity index (χ3v) is 2.94. The smallest absolute Gasteiger partial charge is 0.0672 e. The first-order valence-electron chi connectivity index (χ1n) is 5.53. The molecule has 2 rings (SSSR count). The molecular formula is C13H17N3. The van der Waals surface area contributed by atoms with Crippen LogP contribution in [-0.4, -0.2) is 9.78 Å². The van der Waals surface area contributed by atoms with Gasteiger partial charge in [0.15, 0.2) is 0 Å². The lowest BCUT2D eigenvalue weighted by Gasteiger charge is -2.06. The highest BCUT2D eigenvalue weighted by atomic mass is 15.3. The quantitative estimate of drug-likeness (QED) is 0.783. The molecule has 0 aliphatic rings. The molecule has 0 aliphatic heterocycles. The summed E-state index contributed by atoms with van der Waals surface area (Å²) < 4.78 is 1.95. The standard InChI is InChI=1S/C13H17N3/c1-4-16-8-12(10(3)15-16)11-6-5-7-13(14)9(11)2/h5-8H,4,14H2,1-3H3. The number of nitrogens with two attached hydrogens (primary N) is 1. The van der Waals surface area contributed by atoms with Gasteiger partial charge in [-0.3, -0.25) is 4.68 Å². The van der Waals surface area contributed by atoms with Crippen LogP contribution in [0, 0.1) is 13.8 Å². The zero-order valence-electron chi connectivity index (χ0n) is 9.99. The lowest BCUT2D eigenvalue weighted by Crippen LogP contribution is -1.93. The van der Waals surface area contributed by atoms with Crippen molar-refractivity contribution in [1.29, 1.82) is 0 Å². The number of benzene rings is 1. The summed E-state index contributed by atoms with van der Waals surface area (Å²) in [5, 5.41) is 4.45. The van der Waals surface area contributed by atoms with Crippen molar-refractivity contribution < 1.29 is 0 Å². The number of aromatic nitrogens is 2. The summed E-state index contributed by atoms with van der Waals surface area (Å²) in [7, 11) is 0. The predicted octanol–water partition coefficient (Wildman–Crippen LogP) is 2.77. The summed E-state index contributed by atoms with van der Waals surface area (Å²) in [6, 6.07) is 6.01. The molecule has 0 amide bonds. The van der Waals surface area contributed by atoms with E-state index >= 15 is 0 Å². The van der Waals surface area contributed by atoms with Gasteiger partial charge in [-0.05, 0) is 38.0 Å². The third kappa shape index (κ3) is 1.69. The molecule has 0 bridgehead atoms. The molecule has 0 aliphatic carbocycles. The van der Waals surface area contributed by atoms with Crippen LogP contribution in [0.4, 0.5) is 5.69 Å². The van der Waals surface area contributed by atoms with E-state index in [4.69, 9.17) is 5.73 Å². The maximum absolute atomic E-state index is 5.92. The molecule has 0 atom stereocenters. The Morgan fingerprint density at radius 1 is 1.25 bits per heavy atom. The maximum atomic E-state index is 5.92. The van der Waals surface area contributed by atoms with Gasteiger partial charge >= 0.3 is 0 Å². The van der Waals surface area contributed by atoms with Gasteiger partial charge < -0.3 is 5.73 Å². The maximum Gasteiger partial charge on any atom is 0.0672 e. The normalized spacial score (nSPS) is 10.7. The van der Waals surface area contributed by atoms with E-state index in [9.17, 15) is 0 Å². The summed E-state index contributed by atoms with van der Waals surface area (Å²) in [6.07, 6.45) is 2.08. The van der Waals surface area contributed by atoms with Crippen LogP contribution in [0.3, 0.4) is 0 Å². The Kier molecular flexibility index (Phi) is 2.69. The Morgan fingerprint density at radius 2 is 2.00 bits per heavy atom. The van der Waals surface area contributed by atoms with Crippen molar-refractivity contribution in [2.75, 3.05) is 5.73 Å². The van der Waals surface area contributed by atoms with E-state index in [0.29, 0.717) is 0 Å². The van der Waals surface area contributed by atoms with Crippen LogP contribution in [0.15, 0.2) is 24.4 Å². The monoisotopic (exact) mass is 215 g/mol. The van der Waals surface area contributed by atoms with Crippen molar-refractivity contribution in [1.82, 2.24) is 9.78 Å². The summed E-state index contributed by atoms with van der Waals surface area (Å²) in [6.45, 7) is 7.06. The van der Waals surface area contributed by atoms with Crippen molar-refractivity contribution in [2.45, 2.75) is 27.3 Å². The fourth-order valence-electron chi connectivity index (χ4n) is 1.89. The third-order valence-electron chi connectivity index (χ3n) is 2.94. The number of hydrogen-bond donors (Lipinski definition) is 1. The van der Waals surface area contributed by atoms with Gasteiger partial charge in [0.1, 0.15) is 0 Å². The topological polar surface area (TPSA) is 43.8 Å². The number of nitrogen functional groups attached to an aromatic ring is 1. The number of rotatable bonds is 2. The number of hydrogen-bond acceptors (Lipinski definition) is 2. The fourth-order valence-corrected chi connectivity index (χ4v) is 1.89. The van der Waals surface area contributed by atoms with Crippen LogP contribution in [0.25, 0.3) is 11.1 Å². The molecule has 2 N–H and O–H groups in total. The van der Waals surface area contributed by atoms with Gasteiger partial charge in [0.25, 0.3) is 0 Å². The molecule has 3 heteroatoms. The predicted molar refractivity (Wildman–Crippen MR) is 67.2 cm³/mol. The highest BCUT2D eigenvalue weighted by Crippen LogP contribution is 2.28. The summed E-state index contributed by atoms with van der Waals surface area (Å²) >= 11 is 0. The lowest BCUT2D eigenvalue weighted by molar-refractivity contribution is 0.653. The van der Waals surface area contributed by atoms with E-state index in [-0.39, 0.29) is 0 Å². The van der Waals surface area contributed by atoms with E-state index in [1.54, 1.807) is 0 Å². The van der Waals surface area contributed by atoms with Crippen LogP contribution >= 0.6 is 0 Å². The Labute approximate surface area is 95.9 Å². The highest BCUT2D eigenvalue weighted by molar-refractivity contribution is 5.73. The van der Waals surface area contributed by atoms with E-state index in [1.807, 2.05) is 30.7 Å². The van der Waals surface area contributed by atoms with Crippen LogP contribution in [0.2, 0.25) is 0 Å². The van der Waals surface area contributed by atoms with E-state index in [2.05, 4.69) is 24.3 Å². The van der Waals surface area contributed by atoms with Crippen LogP contribution < -0.4 is 5.73 Å². The minimum atomic E-state index is 0.834. The molecule has 0 radical (unpaired) electrons. The SMILES string of the molecule is CCn1cc(-c2cccc(N)c2C)c(C)n1. The van der Waals surface area contributed by atoms with Gasteiger partial charge in [0, 0.05) is 24.0 Å². The van der Waals surface area contributed by atoms with Gasteiger partial charge in [-0.2, -0.15) is 5.10 Å². The summed E-state index contributed by atoms with van der Waals surface area (Å²) in [5.74, 6) is 0. The lowest BCUT2D eigenvalue weighted by atomic mass is 10.0. The molecule has 2 aromatic rings. The highest BCUT2D eigenvalue weighted by Gasteiger charge is 2.10. The first-order chi connectivity index (χ1) is 7.63. The molecule has 1 aromatic heterocycles. The number of nitrogens with zero attached hydrogens (tertiary/aromatic N) is 2. The molecule has 1 heterocycles. The van der Waals surface area contributed by atoms with Gasteiger partial charge in [-0.1, -0.05) is 12.1 Å². The Morgan fingerprint density at radius 3 is 2.62 bits per heavy atom. The number of anilines is 1. The first-order valence-corrected chi connectivity index (χ1v) is 5.53. The van der Waals surface area contributed by atoms with Gasteiger partial charge in [-0.25, -0.2) is 0 Å². The van der Waals surface area contributed by atoms with Crippen molar-refractivity contribution >= 4 is 5.69 Å². The Hall–Kier alpha value is -1.77. The molecule has 0 spiro atoms. The van der Waals surface area contributed by atoms with E-state index < -0.39 is 0 Å². The Bertz CT molecular complexity index is 512. The van der Waals surface area contributed by atoms with Crippen molar-refractivity contribution in [3.63, 3.8) is 0 Å². The molecule has 0 saturated carbocycles.